The lowest BCUT2D eigenvalue weighted by Crippen LogP contribution is -2.50. The van der Waals surface area contributed by atoms with E-state index in [4.69, 9.17) is 5.26 Å². The van der Waals surface area contributed by atoms with Gasteiger partial charge in [0.1, 0.15) is 6.54 Å². The minimum atomic E-state index is -0.834. The summed E-state index contributed by atoms with van der Waals surface area (Å²) in [5.74, 6) is -1.62. The molecule has 1 rings (SSSR count). The average Bonchev–Trinajstić information content (AvgIpc) is 2.28. The van der Waals surface area contributed by atoms with Gasteiger partial charge >= 0.3 is 11.8 Å². The van der Waals surface area contributed by atoms with Gasteiger partial charge in [-0.05, 0) is 12.8 Å². The van der Waals surface area contributed by atoms with Crippen molar-refractivity contribution in [2.75, 3.05) is 6.54 Å². The van der Waals surface area contributed by atoms with E-state index in [-0.39, 0.29) is 12.6 Å². The molecule has 0 bridgehead atoms. The van der Waals surface area contributed by atoms with E-state index < -0.39 is 17.9 Å². The maximum absolute atomic E-state index is 11.3. The predicted octanol–water partition coefficient (Wildman–Crippen LogP) is -0.954. The Labute approximate surface area is 93.6 Å². The van der Waals surface area contributed by atoms with Crippen LogP contribution < -0.4 is 10.6 Å². The number of amides is 2. The van der Waals surface area contributed by atoms with Crippen LogP contribution in [0.3, 0.4) is 0 Å². The third kappa shape index (κ3) is 3.51. The van der Waals surface area contributed by atoms with Gasteiger partial charge in [-0.25, -0.2) is 0 Å². The van der Waals surface area contributed by atoms with Crippen LogP contribution in [0.4, 0.5) is 0 Å². The molecule has 16 heavy (non-hydrogen) atoms. The quantitative estimate of drug-likeness (QED) is 0.416. The number of rotatable bonds is 2. The largest absolute Gasteiger partial charge is 0.391 e. The lowest BCUT2D eigenvalue weighted by molar-refractivity contribution is -0.140. The molecule has 1 fully saturated rings. The summed E-state index contributed by atoms with van der Waals surface area (Å²) >= 11 is 0. The fourth-order valence-electron chi connectivity index (χ4n) is 1.71. The molecule has 0 aromatic heterocycles. The first-order valence-corrected chi connectivity index (χ1v) is 5.29. The zero-order chi connectivity index (χ0) is 12.0. The van der Waals surface area contributed by atoms with Gasteiger partial charge in [0.05, 0.1) is 18.2 Å². The van der Waals surface area contributed by atoms with Crippen LogP contribution in [0.15, 0.2) is 0 Å². The summed E-state index contributed by atoms with van der Waals surface area (Å²) in [6, 6.07) is 1.35. The van der Waals surface area contributed by atoms with Gasteiger partial charge in [0.2, 0.25) is 0 Å². The van der Waals surface area contributed by atoms with Crippen molar-refractivity contribution in [3.63, 3.8) is 0 Å². The molecule has 0 saturated heterocycles. The van der Waals surface area contributed by atoms with Crippen LogP contribution in [0.25, 0.3) is 0 Å². The summed E-state index contributed by atoms with van der Waals surface area (Å²) in [5, 5.41) is 22.4. The fourth-order valence-corrected chi connectivity index (χ4v) is 1.71. The molecular formula is C10H15N3O3. The number of carbonyl (C=O) groups excluding carboxylic acids is 2. The van der Waals surface area contributed by atoms with Crippen LogP contribution >= 0.6 is 0 Å². The predicted molar refractivity (Wildman–Crippen MR) is 55.0 cm³/mol. The van der Waals surface area contributed by atoms with E-state index in [1.54, 1.807) is 6.07 Å². The Morgan fingerprint density at radius 1 is 1.31 bits per heavy atom. The average molecular weight is 225 g/mol. The molecule has 88 valence electrons. The van der Waals surface area contributed by atoms with Crippen LogP contribution in [-0.4, -0.2) is 35.6 Å². The summed E-state index contributed by atoms with van der Waals surface area (Å²) < 4.78 is 0. The molecule has 0 spiro atoms. The van der Waals surface area contributed by atoms with E-state index in [9.17, 15) is 14.7 Å². The highest BCUT2D eigenvalue weighted by Crippen LogP contribution is 2.18. The molecular weight excluding hydrogens is 210 g/mol. The number of hydrogen-bond donors (Lipinski definition) is 3. The molecule has 3 N–H and O–H groups in total. The molecule has 0 heterocycles. The van der Waals surface area contributed by atoms with E-state index in [0.717, 1.165) is 12.8 Å². The van der Waals surface area contributed by atoms with Crippen LogP contribution in [-0.2, 0) is 9.59 Å². The highest BCUT2D eigenvalue weighted by atomic mass is 16.3. The van der Waals surface area contributed by atoms with Crippen LogP contribution in [0.5, 0.6) is 0 Å². The van der Waals surface area contributed by atoms with Crippen molar-refractivity contribution in [1.29, 1.82) is 5.26 Å². The maximum atomic E-state index is 11.3. The van der Waals surface area contributed by atoms with Gasteiger partial charge in [-0.3, -0.25) is 9.59 Å². The molecule has 2 atom stereocenters. The highest BCUT2D eigenvalue weighted by Gasteiger charge is 2.26. The fraction of sp³-hybridized carbons (Fsp3) is 0.700. The number of nitrogens with one attached hydrogen (secondary N) is 2. The van der Waals surface area contributed by atoms with Crippen LogP contribution in [0.1, 0.15) is 25.7 Å². The Morgan fingerprint density at radius 2 is 2.00 bits per heavy atom. The maximum Gasteiger partial charge on any atom is 0.310 e. The summed E-state index contributed by atoms with van der Waals surface area (Å²) in [6.07, 6.45) is 2.61. The van der Waals surface area contributed by atoms with Crippen molar-refractivity contribution >= 4 is 11.8 Å². The summed E-state index contributed by atoms with van der Waals surface area (Å²) in [7, 11) is 0. The van der Waals surface area contributed by atoms with Crippen molar-refractivity contribution < 1.29 is 14.7 Å². The van der Waals surface area contributed by atoms with E-state index in [2.05, 4.69) is 10.6 Å². The number of nitriles is 1. The smallest absolute Gasteiger partial charge is 0.310 e. The number of hydrogen-bond acceptors (Lipinski definition) is 4. The lowest BCUT2D eigenvalue weighted by Gasteiger charge is -2.27. The van der Waals surface area contributed by atoms with E-state index in [0.29, 0.717) is 12.8 Å². The normalized spacial score (nSPS) is 24.2. The van der Waals surface area contributed by atoms with Gasteiger partial charge in [-0.1, -0.05) is 12.8 Å². The topological polar surface area (TPSA) is 102 Å². The van der Waals surface area contributed by atoms with Gasteiger partial charge < -0.3 is 15.7 Å². The molecule has 2 amide bonds. The Hall–Kier alpha value is -1.61. The second kappa shape index (κ2) is 6.08. The Kier molecular flexibility index (Phi) is 4.73. The van der Waals surface area contributed by atoms with Crippen molar-refractivity contribution in [2.45, 2.75) is 37.8 Å². The monoisotopic (exact) mass is 225 g/mol. The standard InChI is InChI=1S/C10H15N3O3/c11-5-6-12-9(15)10(16)13-7-3-1-2-4-8(7)14/h7-8,14H,1-4,6H2,(H,12,15)(H,13,16). The molecule has 0 aromatic rings. The Bertz CT molecular complexity index is 311. The molecule has 0 aliphatic heterocycles. The zero-order valence-electron chi connectivity index (χ0n) is 8.90. The van der Waals surface area contributed by atoms with Crippen LogP contribution in [0.2, 0.25) is 0 Å². The third-order valence-electron chi connectivity index (χ3n) is 2.58. The van der Waals surface area contributed by atoms with Gasteiger partial charge in [-0.2, -0.15) is 5.26 Å². The zero-order valence-corrected chi connectivity index (χ0v) is 8.90. The molecule has 6 heteroatoms. The SMILES string of the molecule is N#CCNC(=O)C(=O)NC1CCCCC1O. The highest BCUT2D eigenvalue weighted by molar-refractivity contribution is 6.35. The summed E-state index contributed by atoms with van der Waals surface area (Å²) in [4.78, 5) is 22.4. The van der Waals surface area contributed by atoms with Crippen molar-refractivity contribution in [2.24, 2.45) is 0 Å². The van der Waals surface area contributed by atoms with Crippen molar-refractivity contribution in [3.05, 3.63) is 0 Å². The molecule has 0 radical (unpaired) electrons. The third-order valence-corrected chi connectivity index (χ3v) is 2.58. The molecule has 1 aliphatic rings. The van der Waals surface area contributed by atoms with Crippen LogP contribution in [0, 0.1) is 11.3 Å². The minimum absolute atomic E-state index is 0.195. The molecule has 2 unspecified atom stereocenters. The van der Waals surface area contributed by atoms with E-state index in [1.165, 1.54) is 0 Å². The molecule has 1 saturated carbocycles. The second-order valence-corrected chi connectivity index (χ2v) is 3.77. The summed E-state index contributed by atoms with van der Waals surface area (Å²) in [5.41, 5.74) is 0. The Morgan fingerprint density at radius 3 is 2.62 bits per heavy atom. The van der Waals surface area contributed by atoms with Crippen molar-refractivity contribution in [1.82, 2.24) is 10.6 Å². The van der Waals surface area contributed by atoms with Gasteiger partial charge in [0.15, 0.2) is 0 Å². The van der Waals surface area contributed by atoms with Crippen molar-refractivity contribution in [3.8, 4) is 6.07 Å². The molecule has 6 nitrogen and oxygen atoms in total. The summed E-state index contributed by atoms with van der Waals surface area (Å²) in [6.45, 7) is -0.195. The number of carbonyl (C=O) groups is 2. The lowest BCUT2D eigenvalue weighted by atomic mass is 9.92. The minimum Gasteiger partial charge on any atom is -0.391 e. The van der Waals surface area contributed by atoms with E-state index >= 15 is 0 Å². The number of aliphatic hydroxyl groups is 1. The van der Waals surface area contributed by atoms with Gasteiger partial charge in [-0.15, -0.1) is 0 Å². The first-order chi connectivity index (χ1) is 7.65. The van der Waals surface area contributed by atoms with E-state index in [1.807, 2.05) is 0 Å². The Balaban J connectivity index is 2.38. The molecule has 0 aromatic carbocycles. The second-order valence-electron chi connectivity index (χ2n) is 3.77. The first kappa shape index (κ1) is 12.5. The molecule has 1 aliphatic carbocycles. The number of aliphatic hydroxyl groups excluding tert-OH is 1. The van der Waals surface area contributed by atoms with Gasteiger partial charge in [0, 0.05) is 0 Å². The van der Waals surface area contributed by atoms with Gasteiger partial charge in [0.25, 0.3) is 0 Å². The number of nitrogens with zero attached hydrogens (tertiary/aromatic N) is 1. The first-order valence-electron chi connectivity index (χ1n) is 5.29.